The molecule has 11 rings (SSSR count). The second-order valence-corrected chi connectivity index (χ2v) is 19.4. The lowest BCUT2D eigenvalue weighted by Crippen LogP contribution is -2.61. The van der Waals surface area contributed by atoms with Gasteiger partial charge in [0.05, 0.1) is 67.1 Å². The van der Waals surface area contributed by atoms with Crippen LogP contribution in [0.25, 0.3) is 0 Å². The fraction of sp³-hybridized carbons (Fsp3) is 0.814. The highest BCUT2D eigenvalue weighted by Crippen LogP contribution is 2.54. The van der Waals surface area contributed by atoms with Crippen LogP contribution in [0.2, 0.25) is 0 Å². The number of methoxy groups -OCH3 is 1. The molecule has 57 heavy (non-hydrogen) atoms. The van der Waals surface area contributed by atoms with Gasteiger partial charge in [-0.15, -0.1) is 0 Å². The third kappa shape index (κ3) is 7.66. The van der Waals surface area contributed by atoms with Gasteiger partial charge in [0.25, 0.3) is 0 Å². The van der Waals surface area contributed by atoms with Gasteiger partial charge in [-0.2, -0.15) is 0 Å². The van der Waals surface area contributed by atoms with E-state index in [0.717, 1.165) is 61.2 Å². The fourth-order valence-electron chi connectivity index (χ4n) is 11.8. The van der Waals surface area contributed by atoms with E-state index >= 15 is 0 Å². The molecule has 14 heteroatoms. The smallest absolute Gasteiger partial charge is 0.172 e. The third-order valence-corrected chi connectivity index (χ3v) is 15.6. The molecule has 19 atom stereocenters. The molecule has 10 aliphatic heterocycles. The lowest BCUT2D eigenvalue weighted by molar-refractivity contribution is -0.292. The molecule has 0 radical (unpaired) electrons. The third-order valence-electron chi connectivity index (χ3n) is 14.6. The summed E-state index contributed by atoms with van der Waals surface area (Å²) in [5.74, 6) is -0.186. The van der Waals surface area contributed by atoms with E-state index in [9.17, 15) is 9.90 Å². The summed E-state index contributed by atoms with van der Waals surface area (Å²) in [4.78, 5) is 21.6. The molecular formula is C43H60N2O11S. The highest BCUT2D eigenvalue weighted by molar-refractivity contribution is 7.99. The summed E-state index contributed by atoms with van der Waals surface area (Å²) < 4.78 is 60.5. The Kier molecular flexibility index (Phi) is 11.1. The van der Waals surface area contributed by atoms with Crippen molar-refractivity contribution >= 4 is 17.5 Å². The molecule has 10 fully saturated rings. The summed E-state index contributed by atoms with van der Waals surface area (Å²) in [6, 6.07) is 0. The van der Waals surface area contributed by atoms with Crippen molar-refractivity contribution in [3.05, 3.63) is 36.7 Å². The molecular weight excluding hydrogens is 753 g/mol. The number of aliphatic hydroxyl groups is 1. The number of Topliss-reactive ketones (excluding diaryl/α,β-unsaturated/α-hetero) is 1. The van der Waals surface area contributed by atoms with E-state index in [1.165, 1.54) is 11.8 Å². The molecule has 13 nitrogen and oxygen atoms in total. The van der Waals surface area contributed by atoms with Crippen LogP contribution in [0.15, 0.2) is 41.9 Å². The Bertz CT molecular complexity index is 1650. The number of imidazole rings is 1. The summed E-state index contributed by atoms with van der Waals surface area (Å²) in [5, 5.41) is 11.9. The average molecular weight is 813 g/mol. The van der Waals surface area contributed by atoms with Crippen LogP contribution < -0.4 is 0 Å². The van der Waals surface area contributed by atoms with Crippen molar-refractivity contribution in [1.29, 1.82) is 0 Å². The molecule has 11 heterocycles. The molecule has 314 valence electrons. The monoisotopic (exact) mass is 812 g/mol. The van der Waals surface area contributed by atoms with E-state index in [1.807, 2.05) is 0 Å². The van der Waals surface area contributed by atoms with Gasteiger partial charge >= 0.3 is 0 Å². The van der Waals surface area contributed by atoms with Crippen molar-refractivity contribution in [3.63, 3.8) is 0 Å². The number of nitrogens with one attached hydrogen (secondary N) is 1. The first-order valence-electron chi connectivity index (χ1n) is 21.6. The molecule has 0 saturated carbocycles. The minimum atomic E-state index is -0.786. The first-order chi connectivity index (χ1) is 27.6. The minimum Gasteiger partial charge on any atom is -0.392 e. The van der Waals surface area contributed by atoms with E-state index in [0.29, 0.717) is 31.4 Å². The first kappa shape index (κ1) is 39.4. The van der Waals surface area contributed by atoms with Crippen LogP contribution in [-0.2, 0) is 47.4 Å². The molecule has 1 aromatic heterocycles. The number of fused-ring (bicyclic) bond motifs is 6. The number of carbonyl (C=O) groups is 1. The Morgan fingerprint density at radius 1 is 0.877 bits per heavy atom. The van der Waals surface area contributed by atoms with Gasteiger partial charge in [0.15, 0.2) is 10.9 Å². The Balaban J connectivity index is 0.908. The number of hydrogen-bond donors (Lipinski definition) is 2. The highest BCUT2D eigenvalue weighted by atomic mass is 32.2. The number of thioether (sulfide) groups is 1. The second-order valence-electron chi connectivity index (χ2n) is 18.4. The second kappa shape index (κ2) is 16.0. The molecule has 19 unspecified atom stereocenters. The zero-order chi connectivity index (χ0) is 39.0. The summed E-state index contributed by atoms with van der Waals surface area (Å²) >= 11 is 1.47. The van der Waals surface area contributed by atoms with Gasteiger partial charge < -0.3 is 52.7 Å². The zero-order valence-corrected chi connectivity index (χ0v) is 34.1. The summed E-state index contributed by atoms with van der Waals surface area (Å²) in [6.07, 6.45) is 8.31. The topological polar surface area (TPSA) is 149 Å². The molecule has 0 aromatic carbocycles. The van der Waals surface area contributed by atoms with Gasteiger partial charge in [0, 0.05) is 69.7 Å². The van der Waals surface area contributed by atoms with Crippen LogP contribution in [0.4, 0.5) is 0 Å². The Morgan fingerprint density at radius 2 is 1.67 bits per heavy atom. The molecule has 1 aromatic rings. The molecule has 12 bridgehead atoms. The van der Waals surface area contributed by atoms with Crippen LogP contribution in [-0.4, -0.2) is 137 Å². The molecule has 10 aliphatic rings. The molecule has 0 amide bonds. The number of aromatic amines is 1. The largest absolute Gasteiger partial charge is 0.392 e. The Hall–Kier alpha value is -1.69. The maximum absolute atomic E-state index is 14.2. The molecule has 1 spiro atoms. The zero-order valence-electron chi connectivity index (χ0n) is 33.2. The van der Waals surface area contributed by atoms with Crippen molar-refractivity contribution < 1.29 is 52.5 Å². The lowest BCUT2D eigenvalue weighted by Gasteiger charge is -2.47. The van der Waals surface area contributed by atoms with Crippen LogP contribution in [0.5, 0.6) is 0 Å². The van der Waals surface area contributed by atoms with Crippen molar-refractivity contribution in [2.45, 2.75) is 199 Å². The molecule has 0 aliphatic carbocycles. The van der Waals surface area contributed by atoms with Crippen LogP contribution >= 0.6 is 11.8 Å². The number of aromatic nitrogens is 2. The predicted molar refractivity (Wildman–Crippen MR) is 207 cm³/mol. The SMILES string of the molecule is C=C1CC2CCC34CC5OC6C(OC7CCC(CC(=O)CC8C(CC9OC(CCC1O2)CC(C)C9=C)OC(CC(O)CSc1ncc[nH]1)C8OC)OC7C6O3)C5O4. The van der Waals surface area contributed by atoms with Gasteiger partial charge in [-0.05, 0) is 62.0 Å². The van der Waals surface area contributed by atoms with Crippen LogP contribution in [0.1, 0.15) is 90.4 Å². The predicted octanol–water partition coefficient (Wildman–Crippen LogP) is 4.99. The average Bonchev–Trinajstić information content (AvgIpc) is 3.99. The minimum absolute atomic E-state index is 0.0219. The number of H-pyrrole nitrogens is 1. The lowest BCUT2D eigenvalue weighted by atomic mass is 9.81. The Labute approximate surface area is 339 Å². The van der Waals surface area contributed by atoms with Gasteiger partial charge in [-0.1, -0.05) is 31.8 Å². The number of hydrogen-bond acceptors (Lipinski definition) is 13. The maximum atomic E-state index is 14.2. The number of nitrogens with zero attached hydrogens (tertiary/aromatic N) is 1. The quantitative estimate of drug-likeness (QED) is 0.294. The van der Waals surface area contributed by atoms with Crippen molar-refractivity contribution in [1.82, 2.24) is 9.97 Å². The summed E-state index contributed by atoms with van der Waals surface area (Å²) in [5.41, 5.74) is 2.20. The molecule has 2 N–H and O–H groups in total. The van der Waals surface area contributed by atoms with Gasteiger partial charge in [-0.25, -0.2) is 4.98 Å². The van der Waals surface area contributed by atoms with Crippen molar-refractivity contribution in [2.24, 2.45) is 11.8 Å². The Morgan fingerprint density at radius 3 is 2.51 bits per heavy atom. The number of aliphatic hydroxyl groups excluding tert-OH is 1. The molecule has 10 saturated heterocycles. The van der Waals surface area contributed by atoms with Crippen molar-refractivity contribution in [2.75, 3.05) is 12.9 Å². The van der Waals surface area contributed by atoms with Crippen LogP contribution in [0.3, 0.4) is 0 Å². The van der Waals surface area contributed by atoms with E-state index in [1.54, 1.807) is 19.5 Å². The number of ketones is 1. The van der Waals surface area contributed by atoms with Crippen LogP contribution in [0, 0.1) is 11.8 Å². The summed E-state index contributed by atoms with van der Waals surface area (Å²) in [7, 11) is 1.68. The standard InChI is InChI=1S/C43H60N2O11S/c1-21-13-26-5-7-30-22(2)14-28(49-30)9-10-43-19-35-38(55-43)39-40(54-35)41(56-43)37-31(53-39)8-6-27(51-37)15-24(46)16-29-33(18-32(50-26)23(21)3)52-34(36(29)48-4)17-25(47)20-57-42-44-11-12-45-42/h11-12,21,25-41,47H,2-3,5-10,13-20H2,1,4H3,(H,44,45). The summed E-state index contributed by atoms with van der Waals surface area (Å²) in [6.45, 7) is 11.2. The van der Waals surface area contributed by atoms with E-state index in [2.05, 4.69) is 30.0 Å². The number of ether oxygens (including phenoxy) is 9. The van der Waals surface area contributed by atoms with Gasteiger partial charge in [0.1, 0.15) is 36.3 Å². The van der Waals surface area contributed by atoms with Crippen molar-refractivity contribution in [3.8, 4) is 0 Å². The highest BCUT2D eigenvalue weighted by Gasteiger charge is 2.68. The normalized spacial score (nSPS) is 48.8. The fourth-order valence-corrected chi connectivity index (χ4v) is 12.5. The van der Waals surface area contributed by atoms with Gasteiger partial charge in [-0.3, -0.25) is 4.79 Å². The van der Waals surface area contributed by atoms with E-state index < -0.39 is 18.0 Å². The van der Waals surface area contributed by atoms with Gasteiger partial charge in [0.2, 0.25) is 0 Å². The number of carbonyl (C=O) groups excluding carboxylic acids is 1. The first-order valence-corrected chi connectivity index (χ1v) is 22.6. The van der Waals surface area contributed by atoms with E-state index in [4.69, 9.17) is 42.6 Å². The number of rotatable bonds is 6. The van der Waals surface area contributed by atoms with E-state index in [-0.39, 0.29) is 116 Å². The maximum Gasteiger partial charge on any atom is 0.172 e.